The van der Waals surface area contributed by atoms with Crippen LogP contribution < -0.4 is 25.6 Å². The highest BCUT2D eigenvalue weighted by atomic mass is 16.5. The van der Waals surface area contributed by atoms with E-state index in [1.807, 2.05) is 38.4 Å². The first-order valence-electron chi connectivity index (χ1n) is 13.5. The van der Waals surface area contributed by atoms with Gasteiger partial charge < -0.3 is 35.7 Å². The second-order valence-corrected chi connectivity index (χ2v) is 9.80. The van der Waals surface area contributed by atoms with Crippen molar-refractivity contribution >= 4 is 34.8 Å². The lowest BCUT2D eigenvalue weighted by atomic mass is 10.1. The summed E-state index contributed by atoms with van der Waals surface area (Å²) >= 11 is 0. The van der Waals surface area contributed by atoms with E-state index in [0.29, 0.717) is 11.9 Å². The molecule has 0 aliphatic carbocycles. The fourth-order valence-electron chi connectivity index (χ4n) is 5.46. The maximum atomic E-state index is 7.60. The largest absolute Gasteiger partial charge is 0.494 e. The lowest BCUT2D eigenvalue weighted by Crippen LogP contribution is -2.51. The van der Waals surface area contributed by atoms with Gasteiger partial charge in [0, 0.05) is 94.7 Å². The van der Waals surface area contributed by atoms with Gasteiger partial charge in [0.25, 0.3) is 0 Å². The van der Waals surface area contributed by atoms with Crippen LogP contribution >= 0.6 is 0 Å². The first kappa shape index (κ1) is 26.7. The van der Waals surface area contributed by atoms with Gasteiger partial charge in [-0.05, 0) is 25.0 Å². The van der Waals surface area contributed by atoms with Gasteiger partial charge in [0.05, 0.1) is 29.9 Å². The van der Waals surface area contributed by atoms with Crippen LogP contribution in [0.2, 0.25) is 0 Å². The molecule has 0 saturated carbocycles. The van der Waals surface area contributed by atoms with Gasteiger partial charge in [-0.15, -0.1) is 0 Å². The van der Waals surface area contributed by atoms with E-state index in [2.05, 4.69) is 47.9 Å². The fourth-order valence-corrected chi connectivity index (χ4v) is 5.46. The van der Waals surface area contributed by atoms with Crippen LogP contribution in [0.5, 0.6) is 5.75 Å². The second-order valence-electron chi connectivity index (χ2n) is 9.80. The number of nitrogens with zero attached hydrogens (tertiary/aromatic N) is 4. The number of benzene rings is 2. The Bertz CT molecular complexity index is 1290. The molecule has 2 aliphatic heterocycles. The Balaban J connectivity index is 1.35. The molecule has 0 atom stereocenters. The molecule has 206 valence electrons. The lowest BCUT2D eigenvalue weighted by Gasteiger charge is -2.42. The average molecular weight is 531 g/mol. The molecule has 0 unspecified atom stereocenters. The molecule has 0 amide bonds. The number of aromatic nitrogens is 2. The zero-order valence-corrected chi connectivity index (χ0v) is 23.0. The number of hydrogen-bond donors (Lipinski definition) is 4. The van der Waals surface area contributed by atoms with Gasteiger partial charge in [0.2, 0.25) is 0 Å². The van der Waals surface area contributed by atoms with Crippen molar-refractivity contribution < 1.29 is 9.47 Å². The molecule has 0 spiro atoms. The van der Waals surface area contributed by atoms with Gasteiger partial charge in [0.15, 0.2) is 0 Å². The third-order valence-electron chi connectivity index (χ3n) is 7.65. The molecule has 2 aromatic carbocycles. The minimum absolute atomic E-state index is 0.641. The Kier molecular flexibility index (Phi) is 8.43. The summed E-state index contributed by atoms with van der Waals surface area (Å²) in [6, 6.07) is 12.6. The van der Waals surface area contributed by atoms with Crippen LogP contribution in [0.25, 0.3) is 11.3 Å². The van der Waals surface area contributed by atoms with Crippen molar-refractivity contribution in [1.29, 1.82) is 5.41 Å². The predicted octanol–water partition coefficient (Wildman–Crippen LogP) is 4.28. The van der Waals surface area contributed by atoms with Gasteiger partial charge in [-0.3, -0.25) is 4.90 Å². The van der Waals surface area contributed by atoms with Crippen molar-refractivity contribution in [3.63, 3.8) is 0 Å². The maximum Gasteiger partial charge on any atom is 0.144 e. The van der Waals surface area contributed by atoms with Crippen LogP contribution in [0.15, 0.2) is 42.7 Å². The highest BCUT2D eigenvalue weighted by Gasteiger charge is 2.27. The Morgan fingerprint density at radius 1 is 0.949 bits per heavy atom. The van der Waals surface area contributed by atoms with Crippen LogP contribution in [-0.4, -0.2) is 87.7 Å². The van der Waals surface area contributed by atoms with Crippen molar-refractivity contribution in [3.05, 3.63) is 48.3 Å². The summed E-state index contributed by atoms with van der Waals surface area (Å²) in [7, 11) is 5.50. The summed E-state index contributed by atoms with van der Waals surface area (Å²) in [6.07, 6.45) is 5.15. The number of ether oxygens (including phenoxy) is 2. The first-order valence-corrected chi connectivity index (χ1v) is 13.5. The summed E-state index contributed by atoms with van der Waals surface area (Å²) < 4.78 is 11.4. The number of hydrogen-bond acceptors (Lipinski definition) is 10. The summed E-state index contributed by atoms with van der Waals surface area (Å²) in [4.78, 5) is 14.0. The maximum absolute atomic E-state index is 7.60. The Morgan fingerprint density at radius 3 is 2.41 bits per heavy atom. The third kappa shape index (κ3) is 5.91. The number of nitrogens with one attached hydrogen (secondary N) is 4. The van der Waals surface area contributed by atoms with Gasteiger partial charge in [-0.25, -0.2) is 9.97 Å². The Morgan fingerprint density at radius 2 is 1.72 bits per heavy atom. The van der Waals surface area contributed by atoms with E-state index in [-0.39, 0.29) is 0 Å². The highest BCUT2D eigenvalue weighted by molar-refractivity contribution is 5.88. The van der Waals surface area contributed by atoms with Crippen LogP contribution in [0, 0.1) is 5.41 Å². The minimum atomic E-state index is 0.641. The molecule has 4 N–H and O–H groups in total. The Labute approximate surface area is 230 Å². The molecular formula is C29H38N8O2. The topological polar surface area (TPSA) is 111 Å². The SMILES string of the molecule is CNc1cc(-c2cc(Nc3cc(NC)c(N4CCN(C5CCOCC5)CC4)cc3OC)ncn2)ccc1C=N. The second kappa shape index (κ2) is 12.3. The van der Waals surface area contributed by atoms with Crippen molar-refractivity contribution in [3.8, 4) is 17.0 Å². The molecule has 0 bridgehead atoms. The first-order chi connectivity index (χ1) is 19.1. The standard InChI is InChI=1S/C29H38N8O2/c1-31-23-14-20(4-5-21(23)18-30)24-16-29(34-19-33-24)35-26-15-25(32-2)27(17-28(26)38-3)37-10-8-36(9-11-37)22-6-12-39-13-7-22/h4-5,14-19,22,30-32H,6-13H2,1-3H3,(H,33,34,35). The van der Waals surface area contributed by atoms with Crippen molar-refractivity contribution in [1.82, 2.24) is 14.9 Å². The number of methoxy groups -OCH3 is 1. The van der Waals surface area contributed by atoms with Crippen molar-refractivity contribution in [2.24, 2.45) is 0 Å². The lowest BCUT2D eigenvalue weighted by molar-refractivity contribution is 0.0321. The zero-order valence-electron chi connectivity index (χ0n) is 23.0. The summed E-state index contributed by atoms with van der Waals surface area (Å²) in [5, 5.41) is 17.6. The summed E-state index contributed by atoms with van der Waals surface area (Å²) in [5.41, 5.74) is 6.42. The van der Waals surface area contributed by atoms with E-state index in [4.69, 9.17) is 14.9 Å². The summed E-state index contributed by atoms with van der Waals surface area (Å²) in [5.74, 6) is 1.42. The highest BCUT2D eigenvalue weighted by Crippen LogP contribution is 2.39. The van der Waals surface area contributed by atoms with Crippen molar-refractivity contribution in [2.45, 2.75) is 18.9 Å². The quantitative estimate of drug-likeness (QED) is 0.301. The smallest absolute Gasteiger partial charge is 0.144 e. The molecule has 2 saturated heterocycles. The van der Waals surface area contributed by atoms with Crippen LogP contribution in [0.1, 0.15) is 18.4 Å². The number of rotatable bonds is 9. The normalized spacial score (nSPS) is 16.5. The molecule has 39 heavy (non-hydrogen) atoms. The van der Waals surface area contributed by atoms with E-state index in [1.54, 1.807) is 13.4 Å². The minimum Gasteiger partial charge on any atom is -0.494 e. The average Bonchev–Trinajstić information content (AvgIpc) is 3.01. The van der Waals surface area contributed by atoms with Crippen LogP contribution in [0.3, 0.4) is 0 Å². The molecule has 1 aromatic heterocycles. The molecule has 2 aliphatic rings. The molecule has 10 heteroatoms. The van der Waals surface area contributed by atoms with E-state index < -0.39 is 0 Å². The molecule has 5 rings (SSSR count). The van der Waals surface area contributed by atoms with Crippen LogP contribution in [-0.2, 0) is 4.74 Å². The zero-order chi connectivity index (χ0) is 27.2. The van der Waals surface area contributed by atoms with E-state index >= 15 is 0 Å². The number of anilines is 5. The molecule has 3 aromatic rings. The third-order valence-corrected chi connectivity index (χ3v) is 7.65. The molecular weight excluding hydrogens is 492 g/mol. The van der Waals surface area contributed by atoms with E-state index in [9.17, 15) is 0 Å². The van der Waals surface area contributed by atoms with Gasteiger partial charge in [-0.1, -0.05) is 12.1 Å². The fraction of sp³-hybridized carbons (Fsp3) is 0.414. The number of piperazine rings is 1. The van der Waals surface area contributed by atoms with E-state index in [1.165, 1.54) is 6.21 Å². The van der Waals surface area contributed by atoms with Crippen LogP contribution in [0.4, 0.5) is 28.6 Å². The van der Waals surface area contributed by atoms with Gasteiger partial charge in [-0.2, -0.15) is 0 Å². The van der Waals surface area contributed by atoms with Crippen molar-refractivity contribution in [2.75, 3.05) is 81.4 Å². The summed E-state index contributed by atoms with van der Waals surface area (Å²) in [6.45, 7) is 5.81. The molecule has 10 nitrogen and oxygen atoms in total. The molecule has 0 radical (unpaired) electrons. The molecule has 2 fully saturated rings. The van der Waals surface area contributed by atoms with Gasteiger partial charge in [0.1, 0.15) is 17.9 Å². The van der Waals surface area contributed by atoms with E-state index in [0.717, 1.165) is 97.6 Å². The Hall–Kier alpha value is -3.89. The van der Waals surface area contributed by atoms with Gasteiger partial charge >= 0.3 is 0 Å². The molecule has 3 heterocycles. The monoisotopic (exact) mass is 530 g/mol. The predicted molar refractivity (Wildman–Crippen MR) is 158 cm³/mol.